The van der Waals surface area contributed by atoms with Gasteiger partial charge in [0, 0.05) is 35.9 Å². The molecule has 2 aliphatic heterocycles. The molecule has 0 saturated heterocycles. The minimum absolute atomic E-state index is 0.248. The van der Waals surface area contributed by atoms with Gasteiger partial charge in [0.05, 0.1) is 6.54 Å². The first-order valence-corrected chi connectivity index (χ1v) is 8.41. The van der Waals surface area contributed by atoms with Crippen molar-refractivity contribution in [2.75, 3.05) is 24.0 Å². The maximum absolute atomic E-state index is 5.81. The first kappa shape index (κ1) is 15.0. The molecule has 0 amide bonds. The van der Waals surface area contributed by atoms with Crippen molar-refractivity contribution in [3.05, 3.63) is 41.3 Å². The summed E-state index contributed by atoms with van der Waals surface area (Å²) in [5.41, 5.74) is 9.48. The van der Waals surface area contributed by atoms with E-state index >= 15 is 0 Å². The van der Waals surface area contributed by atoms with Crippen LogP contribution in [0.1, 0.15) is 17.0 Å². The average Bonchev–Trinajstić information content (AvgIpc) is 3.26. The van der Waals surface area contributed by atoms with Gasteiger partial charge in [0.25, 0.3) is 0 Å². The third-order valence-electron chi connectivity index (χ3n) is 4.66. The molecule has 0 fully saturated rings. The summed E-state index contributed by atoms with van der Waals surface area (Å²) in [7, 11) is 0. The molecule has 8 heteroatoms. The highest BCUT2D eigenvalue weighted by molar-refractivity contribution is 5.68. The van der Waals surface area contributed by atoms with E-state index in [0.717, 1.165) is 58.6 Å². The molecule has 4 heterocycles. The number of hydrogen-bond donors (Lipinski definition) is 1. The summed E-state index contributed by atoms with van der Waals surface area (Å²) in [6.45, 7) is 3.60. The molecule has 2 aliphatic rings. The minimum Gasteiger partial charge on any atom is -0.454 e. The van der Waals surface area contributed by atoms with E-state index in [1.165, 1.54) is 0 Å². The summed E-state index contributed by atoms with van der Waals surface area (Å²) in [4.78, 5) is 10.7. The number of anilines is 2. The van der Waals surface area contributed by atoms with E-state index in [2.05, 4.69) is 20.0 Å². The summed E-state index contributed by atoms with van der Waals surface area (Å²) in [6.07, 6.45) is 0.760. The van der Waals surface area contributed by atoms with Crippen molar-refractivity contribution in [3.63, 3.8) is 0 Å². The lowest BCUT2D eigenvalue weighted by Gasteiger charge is -2.27. The standard InChI is InChI=1S/C18H17N5O3/c1-10-6-16(21-18(19)20-10)23-5-4-13-12(8-23)17(22-26-13)11-2-3-14-15(7-11)25-9-24-14/h2-3,6-7H,4-5,8-9H2,1H3,(H2,19,20,21). The molecule has 0 radical (unpaired) electrons. The number of benzene rings is 1. The van der Waals surface area contributed by atoms with E-state index in [-0.39, 0.29) is 12.7 Å². The Morgan fingerprint density at radius 1 is 1.12 bits per heavy atom. The van der Waals surface area contributed by atoms with Crippen LogP contribution >= 0.6 is 0 Å². The lowest BCUT2D eigenvalue weighted by molar-refractivity contribution is 0.174. The summed E-state index contributed by atoms with van der Waals surface area (Å²) in [6, 6.07) is 7.74. The average molecular weight is 351 g/mol. The Morgan fingerprint density at radius 2 is 2.00 bits per heavy atom. The number of ether oxygens (including phenoxy) is 2. The number of hydrogen-bond acceptors (Lipinski definition) is 8. The fourth-order valence-electron chi connectivity index (χ4n) is 3.41. The molecule has 132 valence electrons. The molecule has 0 spiro atoms. The predicted molar refractivity (Wildman–Crippen MR) is 94.0 cm³/mol. The summed E-state index contributed by atoms with van der Waals surface area (Å²) in [5, 5.41) is 4.30. The molecular formula is C18H17N5O3. The van der Waals surface area contributed by atoms with Crippen molar-refractivity contribution in [1.82, 2.24) is 15.1 Å². The predicted octanol–water partition coefficient (Wildman–Crippen LogP) is 2.31. The molecule has 0 unspecified atom stereocenters. The van der Waals surface area contributed by atoms with E-state index in [9.17, 15) is 0 Å². The molecular weight excluding hydrogens is 334 g/mol. The second-order valence-electron chi connectivity index (χ2n) is 6.40. The highest BCUT2D eigenvalue weighted by Gasteiger charge is 2.27. The molecule has 2 aromatic heterocycles. The third kappa shape index (κ3) is 2.42. The number of aromatic nitrogens is 3. The fourth-order valence-corrected chi connectivity index (χ4v) is 3.41. The topological polar surface area (TPSA) is 99.5 Å². The van der Waals surface area contributed by atoms with Gasteiger partial charge in [0.1, 0.15) is 17.3 Å². The number of nitrogen functional groups attached to an aromatic ring is 1. The maximum Gasteiger partial charge on any atom is 0.231 e. The van der Waals surface area contributed by atoms with Crippen LogP contribution in [-0.2, 0) is 13.0 Å². The molecule has 2 N–H and O–H groups in total. The van der Waals surface area contributed by atoms with E-state index in [1.807, 2.05) is 31.2 Å². The van der Waals surface area contributed by atoms with E-state index < -0.39 is 0 Å². The van der Waals surface area contributed by atoms with Gasteiger partial charge in [-0.2, -0.15) is 4.98 Å². The lowest BCUT2D eigenvalue weighted by atomic mass is 10.0. The Balaban J connectivity index is 1.51. The normalized spacial score (nSPS) is 15.2. The van der Waals surface area contributed by atoms with Crippen LogP contribution in [0.3, 0.4) is 0 Å². The number of aryl methyl sites for hydroxylation is 1. The van der Waals surface area contributed by atoms with Crippen LogP contribution in [-0.4, -0.2) is 28.5 Å². The third-order valence-corrected chi connectivity index (χ3v) is 4.66. The van der Waals surface area contributed by atoms with Crippen molar-refractivity contribution >= 4 is 11.8 Å². The Hall–Kier alpha value is -3.29. The SMILES string of the molecule is Cc1cc(N2CCc3onc(-c4ccc5c(c4)OCO5)c3C2)nc(N)n1. The van der Waals surface area contributed by atoms with Gasteiger partial charge in [-0.3, -0.25) is 0 Å². The summed E-state index contributed by atoms with van der Waals surface area (Å²) in [5.74, 6) is 3.49. The monoisotopic (exact) mass is 351 g/mol. The lowest BCUT2D eigenvalue weighted by Crippen LogP contribution is -2.31. The van der Waals surface area contributed by atoms with Crippen molar-refractivity contribution in [2.24, 2.45) is 0 Å². The van der Waals surface area contributed by atoms with Gasteiger partial charge in [-0.15, -0.1) is 0 Å². The first-order chi connectivity index (χ1) is 12.7. The molecule has 0 bridgehead atoms. The summed E-state index contributed by atoms with van der Waals surface area (Å²) < 4.78 is 16.4. The highest BCUT2D eigenvalue weighted by atomic mass is 16.7. The van der Waals surface area contributed by atoms with Crippen molar-refractivity contribution in [1.29, 1.82) is 0 Å². The van der Waals surface area contributed by atoms with Crippen LogP contribution in [0, 0.1) is 6.92 Å². The Bertz CT molecular complexity index is 980. The molecule has 0 atom stereocenters. The van der Waals surface area contributed by atoms with Gasteiger partial charge < -0.3 is 24.6 Å². The van der Waals surface area contributed by atoms with Crippen molar-refractivity contribution in [2.45, 2.75) is 19.9 Å². The number of nitrogens with two attached hydrogens (primary N) is 1. The Morgan fingerprint density at radius 3 is 2.88 bits per heavy atom. The Kier molecular flexibility index (Phi) is 3.24. The Labute approximate surface area is 149 Å². The van der Waals surface area contributed by atoms with Gasteiger partial charge >= 0.3 is 0 Å². The molecule has 5 rings (SSSR count). The zero-order valence-corrected chi connectivity index (χ0v) is 14.2. The zero-order chi connectivity index (χ0) is 17.7. The van der Waals surface area contributed by atoms with Crippen LogP contribution in [0.2, 0.25) is 0 Å². The van der Waals surface area contributed by atoms with E-state index in [4.69, 9.17) is 19.7 Å². The van der Waals surface area contributed by atoms with Gasteiger partial charge in [-0.05, 0) is 25.1 Å². The van der Waals surface area contributed by atoms with E-state index in [1.54, 1.807) is 0 Å². The first-order valence-electron chi connectivity index (χ1n) is 8.41. The van der Waals surface area contributed by atoms with Crippen LogP contribution in [0.4, 0.5) is 11.8 Å². The van der Waals surface area contributed by atoms with Crippen molar-refractivity contribution in [3.8, 4) is 22.8 Å². The van der Waals surface area contributed by atoms with Crippen LogP contribution in [0.25, 0.3) is 11.3 Å². The molecule has 26 heavy (non-hydrogen) atoms. The largest absolute Gasteiger partial charge is 0.454 e. The van der Waals surface area contributed by atoms with Gasteiger partial charge in [0.2, 0.25) is 12.7 Å². The number of nitrogens with zero attached hydrogens (tertiary/aromatic N) is 4. The quantitative estimate of drug-likeness (QED) is 0.751. The molecule has 1 aromatic carbocycles. The smallest absolute Gasteiger partial charge is 0.231 e. The minimum atomic E-state index is 0.248. The maximum atomic E-state index is 5.81. The fraction of sp³-hybridized carbons (Fsp3) is 0.278. The van der Waals surface area contributed by atoms with Crippen LogP contribution in [0.15, 0.2) is 28.8 Å². The summed E-state index contributed by atoms with van der Waals surface area (Å²) >= 11 is 0. The van der Waals surface area contributed by atoms with Crippen LogP contribution < -0.4 is 20.1 Å². The second kappa shape index (κ2) is 5.62. The zero-order valence-electron chi connectivity index (χ0n) is 14.2. The number of rotatable bonds is 2. The van der Waals surface area contributed by atoms with Gasteiger partial charge in [-0.25, -0.2) is 4.98 Å². The molecule has 3 aromatic rings. The highest BCUT2D eigenvalue weighted by Crippen LogP contribution is 2.38. The second-order valence-corrected chi connectivity index (χ2v) is 6.40. The molecule has 0 aliphatic carbocycles. The molecule has 8 nitrogen and oxygen atoms in total. The van der Waals surface area contributed by atoms with E-state index in [0.29, 0.717) is 6.54 Å². The van der Waals surface area contributed by atoms with Gasteiger partial charge in [-0.1, -0.05) is 5.16 Å². The molecule has 0 saturated carbocycles. The van der Waals surface area contributed by atoms with Crippen molar-refractivity contribution < 1.29 is 14.0 Å². The number of fused-ring (bicyclic) bond motifs is 2. The van der Waals surface area contributed by atoms with Crippen LogP contribution in [0.5, 0.6) is 11.5 Å². The van der Waals surface area contributed by atoms with Gasteiger partial charge in [0.15, 0.2) is 11.5 Å².